The zero-order valence-corrected chi connectivity index (χ0v) is 12.4. The lowest BCUT2D eigenvalue weighted by Gasteiger charge is -2.09. The van der Waals surface area contributed by atoms with E-state index >= 15 is 0 Å². The number of benzene rings is 1. The van der Waals surface area contributed by atoms with E-state index in [2.05, 4.69) is 15.4 Å². The van der Waals surface area contributed by atoms with Gasteiger partial charge in [-0.25, -0.2) is 17.9 Å². The van der Waals surface area contributed by atoms with Crippen LogP contribution in [-0.4, -0.2) is 32.9 Å². The first-order chi connectivity index (χ1) is 9.85. The molecule has 3 amide bonds. The highest BCUT2D eigenvalue weighted by molar-refractivity contribution is 7.88. The molecule has 0 aromatic heterocycles. The van der Waals surface area contributed by atoms with Crippen molar-refractivity contribution in [1.82, 2.24) is 15.4 Å². The molecule has 1 aromatic rings. The Bertz CT molecular complexity index is 640. The molecule has 1 atom stereocenters. The molecule has 1 aromatic carbocycles. The van der Waals surface area contributed by atoms with Gasteiger partial charge < -0.3 is 5.32 Å². The Morgan fingerprint density at radius 2 is 1.86 bits per heavy atom. The second-order valence-electron chi connectivity index (χ2n) is 4.94. The van der Waals surface area contributed by atoms with Crippen LogP contribution < -0.4 is 15.4 Å². The first kappa shape index (κ1) is 15.5. The number of carbonyl (C=O) groups is 2. The van der Waals surface area contributed by atoms with E-state index in [9.17, 15) is 18.0 Å². The van der Waals surface area contributed by atoms with Crippen molar-refractivity contribution in [2.45, 2.75) is 25.1 Å². The number of aryl methyl sites for hydroxylation is 1. The van der Waals surface area contributed by atoms with Crippen LogP contribution >= 0.6 is 0 Å². The molecule has 1 aliphatic rings. The highest BCUT2D eigenvalue weighted by Gasteiger charge is 2.29. The van der Waals surface area contributed by atoms with Crippen LogP contribution in [0.4, 0.5) is 4.79 Å². The zero-order chi connectivity index (χ0) is 15.5. The second kappa shape index (κ2) is 6.23. The molecule has 0 radical (unpaired) electrons. The molecule has 0 saturated carbocycles. The topological polar surface area (TPSA) is 104 Å². The third-order valence-electron chi connectivity index (χ3n) is 3.09. The summed E-state index contributed by atoms with van der Waals surface area (Å²) in [5.74, 6) is -0.547. The van der Waals surface area contributed by atoms with Crippen LogP contribution in [0.5, 0.6) is 0 Å². The number of hydrogen-bond acceptors (Lipinski definition) is 4. The van der Waals surface area contributed by atoms with E-state index in [1.807, 2.05) is 19.1 Å². The SMILES string of the molecule is Cc1ccc(CS(=O)(=O)NCCC2NC(=O)NC2=O)cc1. The van der Waals surface area contributed by atoms with Crippen LogP contribution in [0.15, 0.2) is 24.3 Å². The molecule has 0 aliphatic carbocycles. The number of nitrogens with one attached hydrogen (secondary N) is 3. The van der Waals surface area contributed by atoms with E-state index in [0.29, 0.717) is 5.56 Å². The number of hydrogen-bond donors (Lipinski definition) is 3. The fraction of sp³-hybridized carbons (Fsp3) is 0.385. The average Bonchev–Trinajstić information content (AvgIpc) is 2.70. The summed E-state index contributed by atoms with van der Waals surface area (Å²) in [7, 11) is -3.46. The maximum Gasteiger partial charge on any atom is 0.322 e. The molecule has 0 spiro atoms. The minimum absolute atomic E-state index is 0.0898. The summed E-state index contributed by atoms with van der Waals surface area (Å²) in [6.07, 6.45) is 0.213. The van der Waals surface area contributed by atoms with Crippen molar-refractivity contribution in [3.8, 4) is 0 Å². The second-order valence-corrected chi connectivity index (χ2v) is 6.75. The van der Waals surface area contributed by atoms with Gasteiger partial charge in [-0.15, -0.1) is 0 Å². The van der Waals surface area contributed by atoms with Gasteiger partial charge in [0, 0.05) is 6.54 Å². The van der Waals surface area contributed by atoms with Crippen LogP contribution in [0, 0.1) is 6.92 Å². The van der Waals surface area contributed by atoms with Gasteiger partial charge in [0.25, 0.3) is 5.91 Å². The molecule has 1 aliphatic heterocycles. The Morgan fingerprint density at radius 3 is 2.43 bits per heavy atom. The highest BCUT2D eigenvalue weighted by atomic mass is 32.2. The van der Waals surface area contributed by atoms with E-state index in [1.54, 1.807) is 12.1 Å². The Hall–Kier alpha value is -1.93. The lowest BCUT2D eigenvalue weighted by Crippen LogP contribution is -2.35. The maximum atomic E-state index is 11.9. The fourth-order valence-corrected chi connectivity index (χ4v) is 3.14. The first-order valence-corrected chi connectivity index (χ1v) is 8.15. The number of sulfonamides is 1. The number of amides is 3. The smallest absolute Gasteiger partial charge is 0.322 e. The number of imide groups is 1. The number of carbonyl (C=O) groups excluding carboxylic acids is 2. The van der Waals surface area contributed by atoms with Gasteiger partial charge in [0.2, 0.25) is 10.0 Å². The van der Waals surface area contributed by atoms with Gasteiger partial charge in [-0.2, -0.15) is 0 Å². The van der Waals surface area contributed by atoms with E-state index in [-0.39, 0.29) is 18.7 Å². The monoisotopic (exact) mass is 311 g/mol. The van der Waals surface area contributed by atoms with Crippen LogP contribution in [0.2, 0.25) is 0 Å². The van der Waals surface area contributed by atoms with Gasteiger partial charge in [-0.05, 0) is 18.9 Å². The summed E-state index contributed by atoms with van der Waals surface area (Å²) >= 11 is 0. The van der Waals surface area contributed by atoms with Crippen LogP contribution in [0.1, 0.15) is 17.5 Å². The van der Waals surface area contributed by atoms with Gasteiger partial charge in [0.15, 0.2) is 0 Å². The lowest BCUT2D eigenvalue weighted by molar-refractivity contribution is -0.120. The van der Waals surface area contributed by atoms with Gasteiger partial charge >= 0.3 is 6.03 Å². The molecule has 3 N–H and O–H groups in total. The lowest BCUT2D eigenvalue weighted by atomic mass is 10.2. The molecule has 0 bridgehead atoms. The van der Waals surface area contributed by atoms with Gasteiger partial charge in [0.05, 0.1) is 5.75 Å². The summed E-state index contributed by atoms with van der Waals surface area (Å²) in [4.78, 5) is 22.2. The number of urea groups is 1. The van der Waals surface area contributed by atoms with Crippen LogP contribution in [-0.2, 0) is 20.6 Å². The Kier molecular flexibility index (Phi) is 4.59. The zero-order valence-electron chi connectivity index (χ0n) is 11.5. The third-order valence-corrected chi connectivity index (χ3v) is 4.45. The largest absolute Gasteiger partial charge is 0.326 e. The van der Waals surface area contributed by atoms with E-state index in [1.165, 1.54) is 0 Å². The van der Waals surface area contributed by atoms with Crippen molar-refractivity contribution in [2.24, 2.45) is 0 Å². The van der Waals surface area contributed by atoms with E-state index < -0.39 is 28.0 Å². The molecule has 21 heavy (non-hydrogen) atoms. The molecular formula is C13H17N3O4S. The van der Waals surface area contributed by atoms with Crippen molar-refractivity contribution in [1.29, 1.82) is 0 Å². The molecule has 2 rings (SSSR count). The van der Waals surface area contributed by atoms with E-state index in [0.717, 1.165) is 5.56 Å². The van der Waals surface area contributed by atoms with Crippen LogP contribution in [0.25, 0.3) is 0 Å². The summed E-state index contributed by atoms with van der Waals surface area (Å²) in [5, 5.41) is 4.50. The minimum atomic E-state index is -3.46. The van der Waals surface area contributed by atoms with Crippen molar-refractivity contribution < 1.29 is 18.0 Å². The molecule has 1 heterocycles. The molecule has 1 fully saturated rings. The number of rotatable bonds is 6. The van der Waals surface area contributed by atoms with Crippen molar-refractivity contribution >= 4 is 22.0 Å². The predicted molar refractivity (Wildman–Crippen MR) is 76.9 cm³/mol. The van der Waals surface area contributed by atoms with Gasteiger partial charge in [0.1, 0.15) is 6.04 Å². The predicted octanol–water partition coefficient (Wildman–Crippen LogP) is 0.0125. The Labute approximate surface area is 123 Å². The molecule has 8 heteroatoms. The minimum Gasteiger partial charge on any atom is -0.326 e. The standard InChI is InChI=1S/C13H17N3O4S/c1-9-2-4-10(5-3-9)8-21(19,20)14-7-6-11-12(17)16-13(18)15-11/h2-5,11,14H,6-8H2,1H3,(H2,15,16,17,18). The molecule has 1 saturated heterocycles. The molecule has 114 valence electrons. The summed E-state index contributed by atoms with van der Waals surface area (Å²) in [6.45, 7) is 2.02. The maximum absolute atomic E-state index is 11.9. The van der Waals surface area contributed by atoms with Crippen molar-refractivity contribution in [3.05, 3.63) is 35.4 Å². The average molecular weight is 311 g/mol. The Morgan fingerprint density at radius 1 is 1.19 bits per heavy atom. The third kappa shape index (κ3) is 4.54. The highest BCUT2D eigenvalue weighted by Crippen LogP contribution is 2.07. The quantitative estimate of drug-likeness (QED) is 0.644. The molecule has 7 nitrogen and oxygen atoms in total. The molecule has 1 unspecified atom stereocenters. The van der Waals surface area contributed by atoms with E-state index in [4.69, 9.17) is 0 Å². The summed E-state index contributed by atoms with van der Waals surface area (Å²) < 4.78 is 26.2. The fourth-order valence-electron chi connectivity index (χ4n) is 1.98. The summed E-state index contributed by atoms with van der Waals surface area (Å²) in [5.41, 5.74) is 1.76. The normalized spacial score (nSPS) is 18.4. The van der Waals surface area contributed by atoms with Crippen molar-refractivity contribution in [3.63, 3.8) is 0 Å². The van der Waals surface area contributed by atoms with Crippen LogP contribution in [0.3, 0.4) is 0 Å². The van der Waals surface area contributed by atoms with Gasteiger partial charge in [-0.3, -0.25) is 10.1 Å². The van der Waals surface area contributed by atoms with Gasteiger partial charge in [-0.1, -0.05) is 29.8 Å². The van der Waals surface area contributed by atoms with Crippen molar-refractivity contribution in [2.75, 3.05) is 6.54 Å². The summed E-state index contributed by atoms with van der Waals surface area (Å²) in [6, 6.07) is 6.00. The molecular weight excluding hydrogens is 294 g/mol. The Balaban J connectivity index is 1.83. The first-order valence-electron chi connectivity index (χ1n) is 6.50.